The van der Waals surface area contributed by atoms with Crippen LogP contribution in [0, 0.1) is 0 Å². The van der Waals surface area contributed by atoms with E-state index in [1.165, 1.54) is 5.56 Å². The van der Waals surface area contributed by atoms with Crippen molar-refractivity contribution in [2.75, 3.05) is 13.2 Å². The van der Waals surface area contributed by atoms with E-state index in [4.69, 9.17) is 16.7 Å². The molecule has 0 radical (unpaired) electrons. The van der Waals surface area contributed by atoms with E-state index < -0.39 is 0 Å². The maximum atomic E-state index is 8.70. The molecule has 2 N–H and O–H groups in total. The van der Waals surface area contributed by atoms with Gasteiger partial charge in [-0.2, -0.15) is 0 Å². The van der Waals surface area contributed by atoms with Gasteiger partial charge in [-0.25, -0.2) is 0 Å². The third-order valence-electron chi connectivity index (χ3n) is 2.97. The monoisotopic (exact) mass is 255 g/mol. The average molecular weight is 256 g/mol. The number of nitrogens with one attached hydrogen (secondary N) is 1. The molecule has 0 heterocycles. The van der Waals surface area contributed by atoms with Crippen LogP contribution in [0.15, 0.2) is 24.3 Å². The van der Waals surface area contributed by atoms with E-state index in [9.17, 15) is 0 Å². The second-order valence-electron chi connectivity index (χ2n) is 4.84. The van der Waals surface area contributed by atoms with Gasteiger partial charge < -0.3 is 10.4 Å². The molecule has 1 aromatic rings. The molecule has 1 aromatic carbocycles. The molecular weight excluding hydrogens is 234 g/mol. The number of rotatable bonds is 7. The Kier molecular flexibility index (Phi) is 5.96. The number of hydrogen-bond acceptors (Lipinski definition) is 2. The maximum Gasteiger partial charge on any atom is 0.0431 e. The van der Waals surface area contributed by atoms with Gasteiger partial charge in [0.15, 0.2) is 0 Å². The second kappa shape index (κ2) is 7.00. The van der Waals surface area contributed by atoms with Gasteiger partial charge in [0.25, 0.3) is 0 Å². The topological polar surface area (TPSA) is 32.3 Å². The minimum atomic E-state index is -0.0379. The van der Waals surface area contributed by atoms with Gasteiger partial charge in [-0.1, -0.05) is 23.7 Å². The third kappa shape index (κ3) is 5.07. The number of halogens is 1. The van der Waals surface area contributed by atoms with Crippen molar-refractivity contribution >= 4 is 11.6 Å². The van der Waals surface area contributed by atoms with Crippen LogP contribution in [0.3, 0.4) is 0 Å². The summed E-state index contributed by atoms with van der Waals surface area (Å²) in [6.07, 6.45) is 3.06. The SMILES string of the molecule is CC(C)(NCCCCCO)c1ccc(Cl)cc1. The fourth-order valence-corrected chi connectivity index (χ4v) is 1.91. The molecule has 0 aliphatic heterocycles. The van der Waals surface area contributed by atoms with Crippen LogP contribution in [-0.4, -0.2) is 18.3 Å². The molecule has 0 unspecified atom stereocenters. The first-order valence-corrected chi connectivity index (χ1v) is 6.56. The molecule has 0 aliphatic carbocycles. The summed E-state index contributed by atoms with van der Waals surface area (Å²) in [6, 6.07) is 7.96. The smallest absolute Gasteiger partial charge is 0.0431 e. The van der Waals surface area contributed by atoms with Crippen LogP contribution in [0.5, 0.6) is 0 Å². The van der Waals surface area contributed by atoms with E-state index in [0.717, 1.165) is 30.8 Å². The number of aliphatic hydroxyl groups excluding tert-OH is 1. The van der Waals surface area contributed by atoms with Crippen molar-refractivity contribution in [1.82, 2.24) is 5.32 Å². The van der Waals surface area contributed by atoms with Gasteiger partial charge in [-0.05, 0) is 57.4 Å². The first-order valence-electron chi connectivity index (χ1n) is 6.18. The standard InChI is InChI=1S/C14H22ClNO/c1-14(2,16-10-4-3-5-11-17)12-6-8-13(15)9-7-12/h6-9,16-17H,3-5,10-11H2,1-2H3. The van der Waals surface area contributed by atoms with E-state index in [1.807, 2.05) is 12.1 Å². The zero-order valence-electron chi connectivity index (χ0n) is 10.7. The molecule has 0 amide bonds. The molecule has 0 aliphatic rings. The number of hydrogen-bond donors (Lipinski definition) is 2. The van der Waals surface area contributed by atoms with Crippen molar-refractivity contribution in [2.45, 2.75) is 38.6 Å². The normalized spacial score (nSPS) is 11.8. The summed E-state index contributed by atoms with van der Waals surface area (Å²) in [5.74, 6) is 0. The summed E-state index contributed by atoms with van der Waals surface area (Å²) in [4.78, 5) is 0. The van der Waals surface area contributed by atoms with Gasteiger partial charge in [0, 0.05) is 17.2 Å². The van der Waals surface area contributed by atoms with Crippen LogP contribution in [0.4, 0.5) is 0 Å². The van der Waals surface area contributed by atoms with Gasteiger partial charge >= 0.3 is 0 Å². The van der Waals surface area contributed by atoms with Gasteiger partial charge in [0.2, 0.25) is 0 Å². The highest BCUT2D eigenvalue weighted by atomic mass is 35.5. The minimum Gasteiger partial charge on any atom is -0.396 e. The Hall–Kier alpha value is -0.570. The van der Waals surface area contributed by atoms with Crippen LogP contribution in [0.25, 0.3) is 0 Å². The molecule has 0 saturated heterocycles. The molecule has 1 rings (SSSR count). The fourth-order valence-electron chi connectivity index (χ4n) is 1.78. The zero-order valence-corrected chi connectivity index (χ0v) is 11.4. The molecule has 2 nitrogen and oxygen atoms in total. The average Bonchev–Trinajstić information content (AvgIpc) is 2.29. The van der Waals surface area contributed by atoms with Crippen LogP contribution < -0.4 is 5.32 Å². The van der Waals surface area contributed by atoms with Crippen LogP contribution in [0.2, 0.25) is 5.02 Å². The predicted molar refractivity (Wildman–Crippen MR) is 73.4 cm³/mol. The Morgan fingerprint density at radius 2 is 1.76 bits per heavy atom. The molecule has 0 bridgehead atoms. The van der Waals surface area contributed by atoms with Crippen LogP contribution in [0.1, 0.15) is 38.7 Å². The summed E-state index contributed by atoms with van der Waals surface area (Å²) in [6.45, 7) is 5.60. The lowest BCUT2D eigenvalue weighted by Gasteiger charge is -2.27. The van der Waals surface area contributed by atoms with E-state index >= 15 is 0 Å². The molecule has 96 valence electrons. The Balaban J connectivity index is 2.42. The van der Waals surface area contributed by atoms with E-state index in [-0.39, 0.29) is 5.54 Å². The van der Waals surface area contributed by atoms with E-state index in [0.29, 0.717) is 6.61 Å². The van der Waals surface area contributed by atoms with Crippen molar-refractivity contribution in [3.05, 3.63) is 34.9 Å². The van der Waals surface area contributed by atoms with Gasteiger partial charge in [-0.15, -0.1) is 0 Å². The van der Waals surface area contributed by atoms with E-state index in [2.05, 4.69) is 31.3 Å². The van der Waals surface area contributed by atoms with Gasteiger partial charge in [-0.3, -0.25) is 0 Å². The van der Waals surface area contributed by atoms with Gasteiger partial charge in [0.05, 0.1) is 0 Å². The van der Waals surface area contributed by atoms with E-state index in [1.54, 1.807) is 0 Å². The summed E-state index contributed by atoms with van der Waals surface area (Å²) in [5, 5.41) is 13.0. The molecule has 0 atom stereocenters. The lowest BCUT2D eigenvalue weighted by atomic mass is 9.94. The van der Waals surface area contributed by atoms with Crippen molar-refractivity contribution < 1.29 is 5.11 Å². The quantitative estimate of drug-likeness (QED) is 0.733. The van der Waals surface area contributed by atoms with Gasteiger partial charge in [0.1, 0.15) is 0 Å². The first kappa shape index (κ1) is 14.5. The maximum absolute atomic E-state index is 8.70. The lowest BCUT2D eigenvalue weighted by Crippen LogP contribution is -2.37. The summed E-state index contributed by atoms with van der Waals surface area (Å²) in [7, 11) is 0. The number of aliphatic hydroxyl groups is 1. The van der Waals surface area contributed by atoms with Crippen molar-refractivity contribution in [2.24, 2.45) is 0 Å². The minimum absolute atomic E-state index is 0.0379. The highest BCUT2D eigenvalue weighted by Crippen LogP contribution is 2.21. The molecular formula is C14H22ClNO. The Morgan fingerprint density at radius 3 is 2.35 bits per heavy atom. The molecule has 0 aromatic heterocycles. The Bertz CT molecular complexity index is 321. The first-order chi connectivity index (χ1) is 8.06. The second-order valence-corrected chi connectivity index (χ2v) is 5.28. The Labute approximate surface area is 109 Å². The fraction of sp³-hybridized carbons (Fsp3) is 0.571. The molecule has 3 heteroatoms. The highest BCUT2D eigenvalue weighted by molar-refractivity contribution is 6.30. The van der Waals surface area contributed by atoms with Crippen LogP contribution in [-0.2, 0) is 5.54 Å². The highest BCUT2D eigenvalue weighted by Gasteiger charge is 2.18. The number of unbranched alkanes of at least 4 members (excludes halogenated alkanes) is 2. The summed E-state index contributed by atoms with van der Waals surface area (Å²) >= 11 is 5.88. The van der Waals surface area contributed by atoms with Crippen molar-refractivity contribution in [3.63, 3.8) is 0 Å². The number of benzene rings is 1. The van der Waals surface area contributed by atoms with Crippen molar-refractivity contribution in [3.8, 4) is 0 Å². The molecule has 0 saturated carbocycles. The molecule has 0 fully saturated rings. The van der Waals surface area contributed by atoms with Crippen LogP contribution >= 0.6 is 11.6 Å². The summed E-state index contributed by atoms with van der Waals surface area (Å²) in [5.41, 5.74) is 1.20. The lowest BCUT2D eigenvalue weighted by molar-refractivity contribution is 0.281. The Morgan fingerprint density at radius 1 is 1.12 bits per heavy atom. The largest absolute Gasteiger partial charge is 0.396 e. The van der Waals surface area contributed by atoms with Crippen molar-refractivity contribution in [1.29, 1.82) is 0 Å². The third-order valence-corrected chi connectivity index (χ3v) is 3.22. The predicted octanol–water partition coefficient (Wildman–Crippen LogP) is 3.33. The molecule has 17 heavy (non-hydrogen) atoms. The molecule has 0 spiro atoms. The summed E-state index contributed by atoms with van der Waals surface area (Å²) < 4.78 is 0. The zero-order chi connectivity index (χ0) is 12.7.